The summed E-state index contributed by atoms with van der Waals surface area (Å²) in [5, 5.41) is 3.19. The minimum absolute atomic E-state index is 0.134. The Morgan fingerprint density at radius 3 is 2.82 bits per heavy atom. The van der Waals surface area contributed by atoms with Gasteiger partial charge in [0.1, 0.15) is 0 Å². The van der Waals surface area contributed by atoms with Crippen LogP contribution in [0.4, 0.5) is 0 Å². The van der Waals surface area contributed by atoms with Crippen molar-refractivity contribution in [1.29, 1.82) is 0 Å². The minimum atomic E-state index is 0.134. The Morgan fingerprint density at radius 1 is 1.23 bits per heavy atom. The summed E-state index contributed by atoms with van der Waals surface area (Å²) in [6.07, 6.45) is 4.90. The third kappa shape index (κ3) is 3.85. The van der Waals surface area contributed by atoms with E-state index in [1.54, 1.807) is 0 Å². The smallest absolute Gasteiger partial charge is 0.223 e. The minimum Gasteiger partial charge on any atom is -0.353 e. The van der Waals surface area contributed by atoms with Gasteiger partial charge in [-0.3, -0.25) is 4.79 Å². The Morgan fingerprint density at radius 2 is 2.00 bits per heavy atom. The van der Waals surface area contributed by atoms with Gasteiger partial charge in [0.2, 0.25) is 5.91 Å². The van der Waals surface area contributed by atoms with Crippen molar-refractivity contribution in [1.82, 2.24) is 21.7 Å². The number of hydrogen-bond donors (Lipinski definition) is 4. The van der Waals surface area contributed by atoms with E-state index in [2.05, 4.69) is 52.9 Å². The summed E-state index contributed by atoms with van der Waals surface area (Å²) in [4.78, 5) is 12.4. The molecule has 22 heavy (non-hydrogen) atoms. The fourth-order valence-electron chi connectivity index (χ4n) is 3.43. The summed E-state index contributed by atoms with van der Waals surface area (Å²) in [6, 6.07) is 11.5. The number of carbonyl (C=O) groups excluding carboxylic acids is 1. The maximum atomic E-state index is 12.4. The second-order valence-electron chi connectivity index (χ2n) is 6.57. The van der Waals surface area contributed by atoms with Crippen LogP contribution in [-0.4, -0.2) is 24.0 Å². The maximum Gasteiger partial charge on any atom is 0.223 e. The summed E-state index contributed by atoms with van der Waals surface area (Å²) >= 11 is 0. The van der Waals surface area contributed by atoms with Crippen LogP contribution in [0, 0.1) is 5.92 Å². The van der Waals surface area contributed by atoms with Gasteiger partial charge in [0, 0.05) is 24.0 Å². The first-order valence-electron chi connectivity index (χ1n) is 8.32. The largest absolute Gasteiger partial charge is 0.353 e. The first-order valence-corrected chi connectivity index (χ1v) is 8.32. The molecule has 1 aromatic rings. The second kappa shape index (κ2) is 7.22. The number of fused-ring (bicyclic) bond motifs is 1. The zero-order valence-electron chi connectivity index (χ0n) is 13.1. The molecule has 2 fully saturated rings. The van der Waals surface area contributed by atoms with Crippen molar-refractivity contribution >= 4 is 5.91 Å². The van der Waals surface area contributed by atoms with Crippen molar-refractivity contribution < 1.29 is 4.79 Å². The average Bonchev–Trinajstić information content (AvgIpc) is 3.01. The summed E-state index contributed by atoms with van der Waals surface area (Å²) in [7, 11) is 0. The lowest BCUT2D eigenvalue weighted by molar-refractivity contribution is -0.126. The molecule has 1 saturated carbocycles. The molecule has 0 bridgehead atoms. The van der Waals surface area contributed by atoms with Gasteiger partial charge in [-0.2, -0.15) is 5.53 Å². The molecule has 1 aromatic carbocycles. The predicted octanol–water partition coefficient (Wildman–Crippen LogP) is 1.27. The number of benzene rings is 1. The average molecular weight is 302 g/mol. The summed E-state index contributed by atoms with van der Waals surface area (Å²) in [5.41, 5.74) is 10.7. The number of rotatable bonds is 5. The van der Waals surface area contributed by atoms with E-state index < -0.39 is 0 Å². The van der Waals surface area contributed by atoms with Crippen molar-refractivity contribution in [3.8, 4) is 0 Å². The van der Waals surface area contributed by atoms with Crippen LogP contribution in [-0.2, 0) is 11.2 Å². The molecule has 4 unspecified atom stereocenters. The van der Waals surface area contributed by atoms with Crippen molar-refractivity contribution in [2.45, 2.75) is 57.2 Å². The van der Waals surface area contributed by atoms with Gasteiger partial charge in [0.05, 0.1) is 0 Å². The number of hydrogen-bond acceptors (Lipinski definition) is 4. The lowest BCUT2D eigenvalue weighted by Crippen LogP contribution is -2.46. The summed E-state index contributed by atoms with van der Waals surface area (Å²) < 4.78 is 0. The molecule has 1 amide bonds. The van der Waals surface area contributed by atoms with Gasteiger partial charge in [0.25, 0.3) is 0 Å². The van der Waals surface area contributed by atoms with Gasteiger partial charge in [-0.05, 0) is 44.6 Å². The van der Waals surface area contributed by atoms with E-state index in [9.17, 15) is 4.79 Å². The lowest BCUT2D eigenvalue weighted by atomic mass is 9.82. The third-order valence-electron chi connectivity index (χ3n) is 4.83. The van der Waals surface area contributed by atoms with Crippen LogP contribution in [0.15, 0.2) is 30.3 Å². The number of nitrogens with one attached hydrogen (secondary N) is 4. The van der Waals surface area contributed by atoms with Gasteiger partial charge in [0.15, 0.2) is 0 Å². The van der Waals surface area contributed by atoms with E-state index in [1.807, 2.05) is 6.07 Å². The Kier molecular flexibility index (Phi) is 5.08. The van der Waals surface area contributed by atoms with Gasteiger partial charge >= 0.3 is 0 Å². The van der Waals surface area contributed by atoms with Gasteiger partial charge < -0.3 is 5.32 Å². The van der Waals surface area contributed by atoms with E-state index in [0.717, 1.165) is 32.1 Å². The van der Waals surface area contributed by atoms with Crippen molar-refractivity contribution in [3.63, 3.8) is 0 Å². The maximum absolute atomic E-state index is 12.4. The Labute approximate surface area is 132 Å². The molecule has 5 heteroatoms. The predicted molar refractivity (Wildman–Crippen MR) is 86.7 cm³/mol. The van der Waals surface area contributed by atoms with Gasteiger partial charge in [-0.25, -0.2) is 10.9 Å². The van der Waals surface area contributed by atoms with Crippen molar-refractivity contribution in [2.24, 2.45) is 5.92 Å². The van der Waals surface area contributed by atoms with Crippen LogP contribution < -0.4 is 21.7 Å². The first kappa shape index (κ1) is 15.5. The number of aryl methyl sites for hydroxylation is 1. The van der Waals surface area contributed by atoms with Crippen molar-refractivity contribution in [2.75, 3.05) is 0 Å². The van der Waals surface area contributed by atoms with Gasteiger partial charge in [-0.1, -0.05) is 30.3 Å². The molecule has 1 saturated heterocycles. The molecule has 4 atom stereocenters. The summed E-state index contributed by atoms with van der Waals surface area (Å²) in [5.74, 6) is 0.349. The van der Waals surface area contributed by atoms with E-state index in [4.69, 9.17) is 0 Å². The number of amides is 1. The molecular formula is C17H26N4O. The molecule has 120 valence electrons. The van der Waals surface area contributed by atoms with E-state index in [0.29, 0.717) is 12.1 Å². The van der Waals surface area contributed by atoms with Crippen LogP contribution >= 0.6 is 0 Å². The quantitative estimate of drug-likeness (QED) is 0.661. The molecule has 5 nitrogen and oxygen atoms in total. The SMILES string of the molecule is CC(CCc1ccccc1)NC(=O)C1CCC2NNNC2C1. The van der Waals surface area contributed by atoms with E-state index in [1.165, 1.54) is 5.56 Å². The molecule has 3 rings (SSSR count). The molecule has 0 aromatic heterocycles. The molecule has 1 aliphatic carbocycles. The lowest BCUT2D eigenvalue weighted by Gasteiger charge is -2.30. The zero-order chi connectivity index (χ0) is 15.4. The van der Waals surface area contributed by atoms with Gasteiger partial charge in [-0.15, -0.1) is 0 Å². The Bertz CT molecular complexity index is 493. The molecular weight excluding hydrogens is 276 g/mol. The fourth-order valence-corrected chi connectivity index (χ4v) is 3.43. The molecule has 1 heterocycles. The first-order chi connectivity index (χ1) is 10.7. The van der Waals surface area contributed by atoms with Crippen LogP contribution in [0.1, 0.15) is 38.2 Å². The van der Waals surface area contributed by atoms with Crippen LogP contribution in [0.2, 0.25) is 0 Å². The standard InChI is InChI=1S/C17H26N4O/c1-12(7-8-13-5-3-2-4-6-13)18-17(22)14-9-10-15-16(11-14)20-21-19-15/h2-6,12,14-16,19-21H,7-11H2,1H3,(H,18,22). The Balaban J connectivity index is 1.43. The number of carbonyl (C=O) groups is 1. The highest BCUT2D eigenvalue weighted by molar-refractivity contribution is 5.79. The molecule has 0 spiro atoms. The highest BCUT2D eigenvalue weighted by atomic mass is 16.1. The topological polar surface area (TPSA) is 65.2 Å². The highest BCUT2D eigenvalue weighted by Gasteiger charge is 2.36. The third-order valence-corrected chi connectivity index (χ3v) is 4.83. The molecule has 4 N–H and O–H groups in total. The van der Waals surface area contributed by atoms with E-state index >= 15 is 0 Å². The Hall–Kier alpha value is -1.43. The van der Waals surface area contributed by atoms with Crippen molar-refractivity contribution in [3.05, 3.63) is 35.9 Å². The molecule has 2 aliphatic rings. The van der Waals surface area contributed by atoms with Crippen LogP contribution in [0.5, 0.6) is 0 Å². The monoisotopic (exact) mass is 302 g/mol. The second-order valence-corrected chi connectivity index (χ2v) is 6.57. The highest BCUT2D eigenvalue weighted by Crippen LogP contribution is 2.26. The molecule has 0 radical (unpaired) electrons. The van der Waals surface area contributed by atoms with E-state index in [-0.39, 0.29) is 17.9 Å². The fraction of sp³-hybridized carbons (Fsp3) is 0.588. The normalized spacial score (nSPS) is 28.9. The summed E-state index contributed by atoms with van der Waals surface area (Å²) in [6.45, 7) is 2.10. The van der Waals surface area contributed by atoms with Crippen LogP contribution in [0.3, 0.4) is 0 Å². The number of hydrazine groups is 2. The molecule has 1 aliphatic heterocycles. The van der Waals surface area contributed by atoms with Crippen LogP contribution in [0.25, 0.3) is 0 Å². The zero-order valence-corrected chi connectivity index (χ0v) is 13.1.